The molecule has 0 aliphatic carbocycles. The third-order valence-corrected chi connectivity index (χ3v) is 5.11. The first-order valence-electron chi connectivity index (χ1n) is 9.44. The van der Waals surface area contributed by atoms with Crippen LogP contribution in [0.1, 0.15) is 70.7 Å². The first kappa shape index (κ1) is 20.2. The van der Waals surface area contributed by atoms with Gasteiger partial charge < -0.3 is 10.4 Å². The fourth-order valence-corrected chi connectivity index (χ4v) is 3.65. The van der Waals surface area contributed by atoms with Gasteiger partial charge in [-0.2, -0.15) is 0 Å². The molecule has 0 unspecified atom stereocenters. The highest BCUT2D eigenvalue weighted by molar-refractivity contribution is 5.50. The molecular weight excluding hydrogens is 315 g/mol. The van der Waals surface area contributed by atoms with Crippen molar-refractivity contribution in [2.75, 3.05) is 32.9 Å². The van der Waals surface area contributed by atoms with Gasteiger partial charge in [0.2, 0.25) is 0 Å². The largest absolute Gasteiger partial charge is 0.507 e. The SMILES string of the molecule is CC(C)(C)c1cc([C@H](CCF)N2CCNCC2)cc(C(C)(C)C)c1O. The van der Waals surface area contributed by atoms with E-state index in [4.69, 9.17) is 0 Å². The van der Waals surface area contributed by atoms with Gasteiger partial charge in [-0.25, -0.2) is 0 Å². The van der Waals surface area contributed by atoms with E-state index in [-0.39, 0.29) is 23.5 Å². The molecule has 0 spiro atoms. The number of rotatable bonds is 4. The normalized spacial score (nSPS) is 18.4. The highest BCUT2D eigenvalue weighted by Gasteiger charge is 2.30. The van der Waals surface area contributed by atoms with E-state index < -0.39 is 0 Å². The van der Waals surface area contributed by atoms with Gasteiger partial charge in [-0.1, -0.05) is 41.5 Å². The molecule has 25 heavy (non-hydrogen) atoms. The summed E-state index contributed by atoms with van der Waals surface area (Å²) >= 11 is 0. The molecule has 1 saturated heterocycles. The average Bonchev–Trinajstić information content (AvgIpc) is 2.51. The molecule has 1 fully saturated rings. The number of piperazine rings is 1. The maximum absolute atomic E-state index is 13.3. The van der Waals surface area contributed by atoms with Crippen LogP contribution in [0.5, 0.6) is 5.75 Å². The minimum absolute atomic E-state index is 0.0647. The highest BCUT2D eigenvalue weighted by Crippen LogP contribution is 2.42. The summed E-state index contributed by atoms with van der Waals surface area (Å²) in [6.45, 7) is 16.1. The molecule has 142 valence electrons. The average molecular weight is 351 g/mol. The number of nitrogens with zero attached hydrogens (tertiary/aromatic N) is 1. The quantitative estimate of drug-likeness (QED) is 0.850. The van der Waals surface area contributed by atoms with Crippen molar-refractivity contribution < 1.29 is 9.50 Å². The van der Waals surface area contributed by atoms with E-state index in [1.165, 1.54) is 0 Å². The zero-order valence-electron chi connectivity index (χ0n) is 16.7. The van der Waals surface area contributed by atoms with Crippen LogP contribution >= 0.6 is 0 Å². The third-order valence-electron chi connectivity index (χ3n) is 5.11. The standard InChI is InChI=1S/C21H35FN2O/c1-20(2,3)16-13-15(14-17(19(16)25)21(4,5)6)18(7-8-22)24-11-9-23-10-12-24/h13-14,18,23,25H,7-12H2,1-6H3/t18-/m0/s1. The van der Waals surface area contributed by atoms with Crippen LogP contribution in [0.25, 0.3) is 0 Å². The van der Waals surface area contributed by atoms with E-state index in [1.807, 2.05) is 0 Å². The van der Waals surface area contributed by atoms with Crippen LogP contribution in [-0.4, -0.2) is 42.9 Å². The minimum atomic E-state index is -0.328. The number of hydrogen-bond acceptors (Lipinski definition) is 3. The fourth-order valence-electron chi connectivity index (χ4n) is 3.65. The number of nitrogens with one attached hydrogen (secondary N) is 1. The topological polar surface area (TPSA) is 35.5 Å². The van der Waals surface area contributed by atoms with Crippen molar-refractivity contribution in [3.63, 3.8) is 0 Å². The van der Waals surface area contributed by atoms with E-state index in [2.05, 4.69) is 63.9 Å². The van der Waals surface area contributed by atoms with Crippen molar-refractivity contribution in [1.29, 1.82) is 0 Å². The molecule has 1 aliphatic rings. The molecule has 0 bridgehead atoms. The van der Waals surface area contributed by atoms with E-state index in [0.29, 0.717) is 12.2 Å². The van der Waals surface area contributed by atoms with Gasteiger partial charge in [0.15, 0.2) is 0 Å². The van der Waals surface area contributed by atoms with Crippen LogP contribution < -0.4 is 5.32 Å². The van der Waals surface area contributed by atoms with Crippen LogP contribution in [0.2, 0.25) is 0 Å². The third kappa shape index (κ3) is 4.73. The lowest BCUT2D eigenvalue weighted by atomic mass is 9.77. The van der Waals surface area contributed by atoms with E-state index in [1.54, 1.807) is 0 Å². The summed E-state index contributed by atoms with van der Waals surface area (Å²) in [6, 6.07) is 4.27. The first-order chi connectivity index (χ1) is 11.6. The Morgan fingerprint density at radius 3 is 1.92 bits per heavy atom. The summed E-state index contributed by atoms with van der Waals surface area (Å²) < 4.78 is 13.3. The Kier molecular flexibility index (Phi) is 6.16. The lowest BCUT2D eigenvalue weighted by molar-refractivity contribution is 0.157. The van der Waals surface area contributed by atoms with E-state index >= 15 is 0 Å². The number of alkyl halides is 1. The van der Waals surface area contributed by atoms with Crippen molar-refractivity contribution in [3.05, 3.63) is 28.8 Å². The molecule has 1 aliphatic heterocycles. The summed E-state index contributed by atoms with van der Waals surface area (Å²) in [4.78, 5) is 2.38. The Hall–Kier alpha value is -1.13. The van der Waals surface area contributed by atoms with Crippen LogP contribution in [0, 0.1) is 0 Å². The zero-order valence-corrected chi connectivity index (χ0v) is 16.7. The molecule has 3 nitrogen and oxygen atoms in total. The van der Waals surface area contributed by atoms with Crippen molar-refractivity contribution >= 4 is 0 Å². The van der Waals surface area contributed by atoms with Crippen LogP contribution in [-0.2, 0) is 10.8 Å². The lowest BCUT2D eigenvalue weighted by Crippen LogP contribution is -2.45. The van der Waals surface area contributed by atoms with Gasteiger partial charge in [-0.05, 0) is 46.1 Å². The molecule has 2 rings (SSSR count). The van der Waals surface area contributed by atoms with Crippen LogP contribution in [0.3, 0.4) is 0 Å². The molecule has 1 aromatic carbocycles. The number of phenols is 1. The predicted octanol–water partition coefficient (Wildman–Crippen LogP) is 4.29. The summed E-state index contributed by atoms with van der Waals surface area (Å²) in [5, 5.41) is 14.3. The Labute approximate surface area is 152 Å². The Bertz CT molecular complexity index is 546. The number of halogens is 1. The van der Waals surface area contributed by atoms with Crippen LogP contribution in [0.4, 0.5) is 4.39 Å². The zero-order chi connectivity index (χ0) is 18.8. The second kappa shape index (κ2) is 7.63. The van der Waals surface area contributed by atoms with Crippen molar-refractivity contribution in [2.24, 2.45) is 0 Å². The maximum Gasteiger partial charge on any atom is 0.123 e. The van der Waals surface area contributed by atoms with Gasteiger partial charge in [0, 0.05) is 32.2 Å². The highest BCUT2D eigenvalue weighted by atomic mass is 19.1. The molecule has 0 radical (unpaired) electrons. The number of phenolic OH excluding ortho intramolecular Hbond substituents is 1. The van der Waals surface area contributed by atoms with Gasteiger partial charge in [0.25, 0.3) is 0 Å². The number of aromatic hydroxyl groups is 1. The molecule has 1 aromatic rings. The second-order valence-electron chi connectivity index (χ2n) is 9.24. The molecule has 1 heterocycles. The molecule has 2 N–H and O–H groups in total. The van der Waals surface area contributed by atoms with Crippen molar-refractivity contribution in [2.45, 2.75) is 64.8 Å². The smallest absolute Gasteiger partial charge is 0.123 e. The monoisotopic (exact) mass is 350 g/mol. The Morgan fingerprint density at radius 2 is 1.52 bits per heavy atom. The van der Waals surface area contributed by atoms with Crippen molar-refractivity contribution in [3.8, 4) is 5.75 Å². The summed E-state index contributed by atoms with van der Waals surface area (Å²) in [7, 11) is 0. The van der Waals surface area contributed by atoms with Gasteiger partial charge in [0.05, 0.1) is 6.67 Å². The number of benzene rings is 1. The molecule has 0 saturated carbocycles. The first-order valence-corrected chi connectivity index (χ1v) is 9.44. The second-order valence-corrected chi connectivity index (χ2v) is 9.24. The summed E-state index contributed by atoms with van der Waals surface area (Å²) in [5.41, 5.74) is 2.71. The molecular formula is C21H35FN2O. The maximum atomic E-state index is 13.3. The molecule has 4 heteroatoms. The summed E-state index contributed by atoms with van der Waals surface area (Å²) in [6.07, 6.45) is 0.498. The van der Waals surface area contributed by atoms with Crippen LogP contribution in [0.15, 0.2) is 12.1 Å². The van der Waals surface area contributed by atoms with Gasteiger partial charge >= 0.3 is 0 Å². The van der Waals surface area contributed by atoms with Gasteiger partial charge in [0.1, 0.15) is 5.75 Å². The van der Waals surface area contributed by atoms with E-state index in [0.717, 1.165) is 42.9 Å². The molecule has 0 amide bonds. The minimum Gasteiger partial charge on any atom is -0.507 e. The summed E-state index contributed by atoms with van der Waals surface area (Å²) in [5.74, 6) is 0.392. The predicted molar refractivity (Wildman–Crippen MR) is 103 cm³/mol. The number of hydrogen-bond donors (Lipinski definition) is 2. The Balaban J connectivity index is 2.57. The van der Waals surface area contributed by atoms with Crippen molar-refractivity contribution in [1.82, 2.24) is 10.2 Å². The fraction of sp³-hybridized carbons (Fsp3) is 0.714. The van der Waals surface area contributed by atoms with E-state index in [9.17, 15) is 9.50 Å². The molecule has 1 atom stereocenters. The molecule has 0 aromatic heterocycles. The Morgan fingerprint density at radius 1 is 1.04 bits per heavy atom. The lowest BCUT2D eigenvalue weighted by Gasteiger charge is -2.37. The van der Waals surface area contributed by atoms with Gasteiger partial charge in [-0.3, -0.25) is 9.29 Å². The van der Waals surface area contributed by atoms with Gasteiger partial charge in [-0.15, -0.1) is 0 Å².